The van der Waals surface area contributed by atoms with Crippen molar-refractivity contribution in [3.63, 3.8) is 0 Å². The summed E-state index contributed by atoms with van der Waals surface area (Å²) >= 11 is 0. The normalized spacial score (nSPS) is 11.7. The maximum atomic E-state index is 12.0. The fourth-order valence-electron chi connectivity index (χ4n) is 2.18. The number of nitrogens with one attached hydrogen (secondary N) is 2. The second kappa shape index (κ2) is 7.75. The SMILES string of the molecule is CCc1ccccc1CNC(=O)Nc1cccc([S@@](C)=O)c1. The first-order valence-electron chi connectivity index (χ1n) is 7.15. The molecule has 5 heteroatoms. The van der Waals surface area contributed by atoms with Crippen LogP contribution in [0.25, 0.3) is 0 Å². The quantitative estimate of drug-likeness (QED) is 0.889. The summed E-state index contributed by atoms with van der Waals surface area (Å²) in [6.45, 7) is 2.57. The van der Waals surface area contributed by atoms with Crippen LogP contribution in [-0.4, -0.2) is 16.5 Å². The summed E-state index contributed by atoms with van der Waals surface area (Å²) in [7, 11) is -1.06. The van der Waals surface area contributed by atoms with Crippen LogP contribution in [0.3, 0.4) is 0 Å². The first-order chi connectivity index (χ1) is 10.6. The average Bonchev–Trinajstić information content (AvgIpc) is 2.53. The summed E-state index contributed by atoms with van der Waals surface area (Å²) in [5, 5.41) is 5.61. The van der Waals surface area contributed by atoms with Crippen LogP contribution >= 0.6 is 0 Å². The van der Waals surface area contributed by atoms with Gasteiger partial charge in [0.2, 0.25) is 0 Å². The topological polar surface area (TPSA) is 58.2 Å². The van der Waals surface area contributed by atoms with Gasteiger partial charge in [-0.2, -0.15) is 0 Å². The maximum absolute atomic E-state index is 12.0. The second-order valence-electron chi connectivity index (χ2n) is 4.91. The van der Waals surface area contributed by atoms with E-state index >= 15 is 0 Å². The van der Waals surface area contributed by atoms with Crippen molar-refractivity contribution in [3.8, 4) is 0 Å². The number of anilines is 1. The average molecular weight is 316 g/mol. The Hall–Kier alpha value is -2.14. The minimum atomic E-state index is -1.06. The van der Waals surface area contributed by atoms with Crippen molar-refractivity contribution < 1.29 is 9.00 Å². The molecule has 0 unspecified atom stereocenters. The maximum Gasteiger partial charge on any atom is 0.319 e. The molecule has 0 fully saturated rings. The predicted octanol–water partition coefficient (Wildman–Crippen LogP) is 3.31. The zero-order valence-corrected chi connectivity index (χ0v) is 13.6. The molecule has 2 amide bonds. The van der Waals surface area contributed by atoms with Gasteiger partial charge in [0.1, 0.15) is 0 Å². The molecule has 0 aromatic heterocycles. The lowest BCUT2D eigenvalue weighted by molar-refractivity contribution is 0.251. The first-order valence-corrected chi connectivity index (χ1v) is 8.71. The van der Waals surface area contributed by atoms with Crippen LogP contribution in [0.2, 0.25) is 0 Å². The Labute approximate surface area is 133 Å². The van der Waals surface area contributed by atoms with E-state index in [0.29, 0.717) is 17.1 Å². The third kappa shape index (κ3) is 4.43. The van der Waals surface area contributed by atoms with Gasteiger partial charge in [-0.3, -0.25) is 4.21 Å². The zero-order chi connectivity index (χ0) is 15.9. The molecule has 2 rings (SSSR count). The molecule has 1 atom stereocenters. The molecule has 22 heavy (non-hydrogen) atoms. The number of hydrogen-bond donors (Lipinski definition) is 2. The highest BCUT2D eigenvalue weighted by Crippen LogP contribution is 2.13. The zero-order valence-electron chi connectivity index (χ0n) is 12.8. The number of carbonyl (C=O) groups excluding carboxylic acids is 1. The van der Waals surface area contributed by atoms with E-state index in [-0.39, 0.29) is 6.03 Å². The van der Waals surface area contributed by atoms with E-state index in [0.717, 1.165) is 12.0 Å². The monoisotopic (exact) mass is 316 g/mol. The number of urea groups is 1. The molecule has 0 aliphatic rings. The van der Waals surface area contributed by atoms with Crippen LogP contribution in [-0.2, 0) is 23.8 Å². The first kappa shape index (κ1) is 16.2. The molecule has 2 aromatic rings. The van der Waals surface area contributed by atoms with Crippen LogP contribution in [0, 0.1) is 0 Å². The Morgan fingerprint density at radius 1 is 1.09 bits per heavy atom. The number of hydrogen-bond acceptors (Lipinski definition) is 2. The minimum absolute atomic E-state index is 0.273. The van der Waals surface area contributed by atoms with E-state index in [1.165, 1.54) is 5.56 Å². The van der Waals surface area contributed by atoms with Crippen molar-refractivity contribution in [1.82, 2.24) is 5.32 Å². The Kier molecular flexibility index (Phi) is 5.72. The molecule has 116 valence electrons. The standard InChI is InChI=1S/C17H20N2O2S/c1-3-13-7-4-5-8-14(13)12-18-17(20)19-15-9-6-10-16(11-15)22(2)21/h4-11H,3,12H2,1-2H3,(H2,18,19,20)/t22-/m1/s1. The van der Waals surface area contributed by atoms with Crippen LogP contribution in [0.15, 0.2) is 53.4 Å². The molecule has 0 saturated heterocycles. The number of benzene rings is 2. The van der Waals surface area contributed by atoms with Gasteiger partial charge in [0.25, 0.3) is 0 Å². The molecular formula is C17H20N2O2S. The third-order valence-electron chi connectivity index (χ3n) is 3.36. The highest BCUT2D eigenvalue weighted by Gasteiger charge is 2.05. The Balaban J connectivity index is 1.96. The van der Waals surface area contributed by atoms with Crippen molar-refractivity contribution >= 4 is 22.5 Å². The number of amides is 2. The van der Waals surface area contributed by atoms with Crippen molar-refractivity contribution in [3.05, 3.63) is 59.7 Å². The Morgan fingerprint density at radius 3 is 2.50 bits per heavy atom. The number of rotatable bonds is 5. The van der Waals surface area contributed by atoms with E-state index in [9.17, 15) is 9.00 Å². The van der Waals surface area contributed by atoms with Gasteiger partial charge in [-0.05, 0) is 35.7 Å². The molecule has 0 heterocycles. The van der Waals surface area contributed by atoms with E-state index < -0.39 is 10.8 Å². The van der Waals surface area contributed by atoms with E-state index in [1.807, 2.05) is 18.2 Å². The van der Waals surface area contributed by atoms with Gasteiger partial charge in [0, 0.05) is 34.2 Å². The largest absolute Gasteiger partial charge is 0.334 e. The van der Waals surface area contributed by atoms with Crippen LogP contribution < -0.4 is 10.6 Å². The van der Waals surface area contributed by atoms with Gasteiger partial charge in [0.05, 0.1) is 0 Å². The van der Waals surface area contributed by atoms with Gasteiger partial charge < -0.3 is 10.6 Å². The predicted molar refractivity (Wildman–Crippen MR) is 90.5 cm³/mol. The van der Waals surface area contributed by atoms with Crippen molar-refractivity contribution in [2.24, 2.45) is 0 Å². The molecule has 0 aliphatic heterocycles. The van der Waals surface area contributed by atoms with Crippen molar-refractivity contribution in [2.45, 2.75) is 24.8 Å². The second-order valence-corrected chi connectivity index (χ2v) is 6.29. The lowest BCUT2D eigenvalue weighted by atomic mass is 10.1. The molecule has 2 N–H and O–H groups in total. The Bertz CT molecular complexity index is 686. The molecule has 4 nitrogen and oxygen atoms in total. The lowest BCUT2D eigenvalue weighted by Crippen LogP contribution is -2.28. The van der Waals surface area contributed by atoms with Gasteiger partial charge in [-0.15, -0.1) is 0 Å². The van der Waals surface area contributed by atoms with Gasteiger partial charge in [-0.1, -0.05) is 37.3 Å². The molecule has 0 radical (unpaired) electrons. The third-order valence-corrected chi connectivity index (χ3v) is 4.28. The summed E-state index contributed by atoms with van der Waals surface area (Å²) in [6, 6.07) is 14.8. The van der Waals surface area contributed by atoms with E-state index in [2.05, 4.69) is 23.6 Å². The summed E-state index contributed by atoms with van der Waals surface area (Å²) in [6.07, 6.45) is 2.55. The molecule has 0 aliphatic carbocycles. The fourth-order valence-corrected chi connectivity index (χ4v) is 2.74. The smallest absolute Gasteiger partial charge is 0.319 e. The minimum Gasteiger partial charge on any atom is -0.334 e. The molecule has 0 saturated carbocycles. The van der Waals surface area contributed by atoms with Crippen molar-refractivity contribution in [2.75, 3.05) is 11.6 Å². The van der Waals surface area contributed by atoms with E-state index in [4.69, 9.17) is 0 Å². The molecule has 2 aromatic carbocycles. The fraction of sp³-hybridized carbons (Fsp3) is 0.235. The summed E-state index contributed by atoms with van der Waals surface area (Å²) in [5.74, 6) is 0. The van der Waals surface area contributed by atoms with Crippen molar-refractivity contribution in [1.29, 1.82) is 0 Å². The number of carbonyl (C=O) groups is 1. The summed E-state index contributed by atoms with van der Waals surface area (Å²) in [5.41, 5.74) is 2.98. The van der Waals surface area contributed by atoms with Gasteiger partial charge in [0.15, 0.2) is 0 Å². The highest BCUT2D eigenvalue weighted by molar-refractivity contribution is 7.84. The molecule has 0 bridgehead atoms. The number of aryl methyl sites for hydroxylation is 1. The molecule has 0 spiro atoms. The van der Waals surface area contributed by atoms with Crippen LogP contribution in [0.1, 0.15) is 18.1 Å². The summed E-state index contributed by atoms with van der Waals surface area (Å²) in [4.78, 5) is 12.7. The summed E-state index contributed by atoms with van der Waals surface area (Å²) < 4.78 is 11.4. The molecular weight excluding hydrogens is 296 g/mol. The highest BCUT2D eigenvalue weighted by atomic mass is 32.2. The Morgan fingerprint density at radius 2 is 1.82 bits per heavy atom. The lowest BCUT2D eigenvalue weighted by Gasteiger charge is -2.11. The van der Waals surface area contributed by atoms with Gasteiger partial charge in [-0.25, -0.2) is 4.79 Å². The van der Waals surface area contributed by atoms with Gasteiger partial charge >= 0.3 is 6.03 Å². The van der Waals surface area contributed by atoms with E-state index in [1.54, 1.807) is 30.5 Å². The van der Waals surface area contributed by atoms with Crippen LogP contribution in [0.4, 0.5) is 10.5 Å². The van der Waals surface area contributed by atoms with Crippen LogP contribution in [0.5, 0.6) is 0 Å².